The molecule has 4 heteroatoms. The minimum absolute atomic E-state index is 0.0459. The largest absolute Gasteiger partial charge is 0.329 e. The summed E-state index contributed by atoms with van der Waals surface area (Å²) >= 11 is 0. The molecular formula is C16H25N3O. The molecule has 0 aromatic heterocycles. The number of anilines is 1. The van der Waals surface area contributed by atoms with Crippen LogP contribution in [0.15, 0.2) is 30.3 Å². The first-order valence-electron chi connectivity index (χ1n) is 7.52. The lowest BCUT2D eigenvalue weighted by molar-refractivity contribution is -0.118. The highest BCUT2D eigenvalue weighted by Gasteiger charge is 2.27. The van der Waals surface area contributed by atoms with Gasteiger partial charge in [0.25, 0.3) is 0 Å². The van der Waals surface area contributed by atoms with Crippen LogP contribution in [0.1, 0.15) is 26.2 Å². The van der Waals surface area contributed by atoms with Crippen LogP contribution >= 0.6 is 0 Å². The summed E-state index contributed by atoms with van der Waals surface area (Å²) in [7, 11) is 0. The van der Waals surface area contributed by atoms with Gasteiger partial charge < -0.3 is 11.1 Å². The van der Waals surface area contributed by atoms with Crippen LogP contribution in [-0.2, 0) is 4.79 Å². The number of nitrogens with zero attached hydrogens (tertiary/aromatic N) is 1. The maximum atomic E-state index is 12.1. The Labute approximate surface area is 121 Å². The third-order valence-electron chi connectivity index (χ3n) is 4.20. The number of likely N-dealkylation sites (tertiary alicyclic amines) is 1. The summed E-state index contributed by atoms with van der Waals surface area (Å²) in [5.41, 5.74) is 6.72. The Kier molecular flexibility index (Phi) is 5.56. The Morgan fingerprint density at radius 2 is 2.15 bits per heavy atom. The topological polar surface area (TPSA) is 58.4 Å². The highest BCUT2D eigenvalue weighted by Crippen LogP contribution is 2.24. The first-order chi connectivity index (χ1) is 9.72. The van der Waals surface area contributed by atoms with Gasteiger partial charge in [-0.25, -0.2) is 0 Å². The van der Waals surface area contributed by atoms with E-state index in [-0.39, 0.29) is 5.91 Å². The van der Waals surface area contributed by atoms with Crippen LogP contribution in [0.4, 0.5) is 5.69 Å². The van der Waals surface area contributed by atoms with Crippen LogP contribution in [0.2, 0.25) is 0 Å². The van der Waals surface area contributed by atoms with Gasteiger partial charge in [-0.15, -0.1) is 0 Å². The maximum Gasteiger partial charge on any atom is 0.238 e. The van der Waals surface area contributed by atoms with E-state index in [1.165, 1.54) is 12.8 Å². The lowest BCUT2D eigenvalue weighted by atomic mass is 9.89. The van der Waals surface area contributed by atoms with E-state index >= 15 is 0 Å². The number of carbonyl (C=O) groups is 1. The number of amides is 1. The summed E-state index contributed by atoms with van der Waals surface area (Å²) in [6, 6.07) is 9.94. The molecule has 2 unspecified atom stereocenters. The highest BCUT2D eigenvalue weighted by molar-refractivity contribution is 5.92. The number of hydrogen-bond acceptors (Lipinski definition) is 3. The van der Waals surface area contributed by atoms with Crippen molar-refractivity contribution in [1.82, 2.24) is 4.90 Å². The van der Waals surface area contributed by atoms with Gasteiger partial charge >= 0.3 is 0 Å². The van der Waals surface area contributed by atoms with E-state index in [0.29, 0.717) is 19.1 Å². The number of benzene rings is 1. The number of nitrogens with one attached hydrogen (secondary N) is 1. The average molecular weight is 275 g/mol. The average Bonchev–Trinajstić information content (AvgIpc) is 2.48. The molecule has 0 spiro atoms. The minimum Gasteiger partial charge on any atom is -0.329 e. The van der Waals surface area contributed by atoms with E-state index in [1.54, 1.807) is 0 Å². The molecule has 1 aliphatic heterocycles. The molecule has 0 saturated carbocycles. The third kappa shape index (κ3) is 4.05. The third-order valence-corrected chi connectivity index (χ3v) is 4.20. The molecule has 3 N–H and O–H groups in total. The molecule has 1 saturated heterocycles. The fourth-order valence-electron chi connectivity index (χ4n) is 2.91. The van der Waals surface area contributed by atoms with E-state index in [0.717, 1.165) is 24.6 Å². The van der Waals surface area contributed by atoms with Gasteiger partial charge in [-0.1, -0.05) is 31.5 Å². The van der Waals surface area contributed by atoms with E-state index in [1.807, 2.05) is 30.3 Å². The van der Waals surface area contributed by atoms with Crippen molar-refractivity contribution in [3.05, 3.63) is 30.3 Å². The molecule has 0 aliphatic carbocycles. The molecule has 0 radical (unpaired) electrons. The second-order valence-corrected chi connectivity index (χ2v) is 5.57. The van der Waals surface area contributed by atoms with Gasteiger partial charge in [0, 0.05) is 18.3 Å². The highest BCUT2D eigenvalue weighted by atomic mass is 16.2. The SMILES string of the molecule is CCC1CCN(CC(=O)Nc2ccccc2)C(CN)C1. The zero-order valence-electron chi connectivity index (χ0n) is 12.2. The first kappa shape index (κ1) is 15.0. The normalized spacial score (nSPS) is 23.5. The van der Waals surface area contributed by atoms with Crippen molar-refractivity contribution in [2.45, 2.75) is 32.2 Å². The van der Waals surface area contributed by atoms with E-state index < -0.39 is 0 Å². The monoisotopic (exact) mass is 275 g/mol. The Balaban J connectivity index is 1.87. The lowest BCUT2D eigenvalue weighted by Gasteiger charge is -2.38. The van der Waals surface area contributed by atoms with Crippen LogP contribution in [0.5, 0.6) is 0 Å². The molecule has 0 bridgehead atoms. The van der Waals surface area contributed by atoms with Crippen molar-refractivity contribution in [2.75, 3.05) is 25.0 Å². The second-order valence-electron chi connectivity index (χ2n) is 5.57. The Morgan fingerprint density at radius 1 is 1.40 bits per heavy atom. The van der Waals surface area contributed by atoms with Crippen LogP contribution in [0.25, 0.3) is 0 Å². The molecule has 1 aromatic rings. The summed E-state index contributed by atoms with van der Waals surface area (Å²) in [6.45, 7) is 4.28. The van der Waals surface area contributed by atoms with Crippen molar-refractivity contribution in [2.24, 2.45) is 11.7 Å². The van der Waals surface area contributed by atoms with Gasteiger partial charge in [0.1, 0.15) is 0 Å². The molecule has 1 fully saturated rings. The van der Waals surface area contributed by atoms with Crippen LogP contribution in [0, 0.1) is 5.92 Å². The lowest BCUT2D eigenvalue weighted by Crippen LogP contribution is -2.49. The van der Waals surface area contributed by atoms with Gasteiger partial charge in [0.15, 0.2) is 0 Å². The quantitative estimate of drug-likeness (QED) is 0.865. The first-order valence-corrected chi connectivity index (χ1v) is 7.52. The smallest absolute Gasteiger partial charge is 0.238 e. The summed E-state index contributed by atoms with van der Waals surface area (Å²) in [6.07, 6.45) is 3.50. The van der Waals surface area contributed by atoms with Gasteiger partial charge in [0.05, 0.1) is 6.54 Å². The van der Waals surface area contributed by atoms with E-state index in [2.05, 4.69) is 17.1 Å². The molecule has 1 aromatic carbocycles. The molecule has 2 rings (SSSR count). The van der Waals surface area contributed by atoms with Gasteiger partial charge in [-0.05, 0) is 37.4 Å². The molecule has 1 aliphatic rings. The second kappa shape index (κ2) is 7.41. The number of nitrogens with two attached hydrogens (primary N) is 1. The van der Waals surface area contributed by atoms with Crippen LogP contribution in [0.3, 0.4) is 0 Å². The van der Waals surface area contributed by atoms with Crippen molar-refractivity contribution in [3.8, 4) is 0 Å². The summed E-state index contributed by atoms with van der Waals surface area (Å²) in [5.74, 6) is 0.807. The van der Waals surface area contributed by atoms with Crippen molar-refractivity contribution < 1.29 is 4.79 Å². The summed E-state index contributed by atoms with van der Waals surface area (Å²) < 4.78 is 0. The van der Waals surface area contributed by atoms with Crippen LogP contribution in [-0.4, -0.2) is 36.5 Å². The summed E-state index contributed by atoms with van der Waals surface area (Å²) in [5, 5.41) is 2.94. The number of hydrogen-bond donors (Lipinski definition) is 2. The molecule has 1 amide bonds. The number of rotatable bonds is 5. The molecular weight excluding hydrogens is 250 g/mol. The van der Waals surface area contributed by atoms with Crippen LogP contribution < -0.4 is 11.1 Å². The molecule has 2 atom stereocenters. The predicted molar refractivity (Wildman–Crippen MR) is 82.5 cm³/mol. The van der Waals surface area contributed by atoms with Crippen molar-refractivity contribution >= 4 is 11.6 Å². The number of carbonyl (C=O) groups excluding carboxylic acids is 1. The molecule has 110 valence electrons. The fraction of sp³-hybridized carbons (Fsp3) is 0.562. The van der Waals surface area contributed by atoms with E-state index in [9.17, 15) is 4.79 Å². The van der Waals surface area contributed by atoms with Crippen molar-refractivity contribution in [1.29, 1.82) is 0 Å². The predicted octanol–water partition coefficient (Wildman–Crippen LogP) is 2.07. The standard InChI is InChI=1S/C16H25N3O/c1-2-13-8-9-19(15(10-13)11-17)12-16(20)18-14-6-4-3-5-7-14/h3-7,13,15H,2,8-12,17H2,1H3,(H,18,20). The van der Waals surface area contributed by atoms with Gasteiger partial charge in [-0.3, -0.25) is 9.69 Å². The number of piperidine rings is 1. The molecule has 1 heterocycles. The summed E-state index contributed by atoms with van der Waals surface area (Å²) in [4.78, 5) is 14.3. The molecule has 20 heavy (non-hydrogen) atoms. The zero-order chi connectivity index (χ0) is 14.4. The maximum absolute atomic E-state index is 12.1. The number of para-hydroxylation sites is 1. The van der Waals surface area contributed by atoms with E-state index in [4.69, 9.17) is 5.73 Å². The Bertz CT molecular complexity index is 421. The van der Waals surface area contributed by atoms with Gasteiger partial charge in [-0.2, -0.15) is 0 Å². The van der Waals surface area contributed by atoms with Crippen molar-refractivity contribution in [3.63, 3.8) is 0 Å². The Morgan fingerprint density at radius 3 is 2.80 bits per heavy atom. The zero-order valence-corrected chi connectivity index (χ0v) is 12.2. The minimum atomic E-state index is 0.0459. The fourth-order valence-corrected chi connectivity index (χ4v) is 2.91. The van der Waals surface area contributed by atoms with Gasteiger partial charge in [0.2, 0.25) is 5.91 Å². The molecule has 4 nitrogen and oxygen atoms in total. The Hall–Kier alpha value is -1.39.